The van der Waals surface area contributed by atoms with Crippen LogP contribution in [0, 0.1) is 18.3 Å². The minimum Gasteiger partial charge on any atom is -0.438 e. The van der Waals surface area contributed by atoms with E-state index in [0.717, 1.165) is 22.6 Å². The Bertz CT molecular complexity index is 1080. The number of nitriles is 1. The number of piperazine rings is 1. The van der Waals surface area contributed by atoms with Gasteiger partial charge in [0.25, 0.3) is 5.91 Å². The van der Waals surface area contributed by atoms with E-state index in [1.165, 1.54) is 6.39 Å². The van der Waals surface area contributed by atoms with E-state index >= 15 is 0 Å². The lowest BCUT2D eigenvalue weighted by molar-refractivity contribution is -0.0408. The number of carbonyl (C=O) groups is 1. The van der Waals surface area contributed by atoms with Crippen molar-refractivity contribution in [2.75, 3.05) is 24.5 Å². The van der Waals surface area contributed by atoms with Gasteiger partial charge in [-0.1, -0.05) is 13.8 Å². The normalized spacial score (nSPS) is 20.2. The molecular weight excluding hydrogens is 406 g/mol. The number of hydrogen-bond donors (Lipinski definition) is 0. The highest BCUT2D eigenvalue weighted by molar-refractivity contribution is 5.92. The van der Waals surface area contributed by atoms with Crippen molar-refractivity contribution in [3.05, 3.63) is 40.2 Å². The van der Waals surface area contributed by atoms with Crippen LogP contribution in [-0.4, -0.2) is 52.1 Å². The molecule has 2 aliphatic heterocycles. The number of nitrogens with zero attached hydrogens (tertiary/aromatic N) is 5. The largest absolute Gasteiger partial charge is 0.438 e. The molecule has 2 aliphatic rings. The molecule has 0 aromatic carbocycles. The van der Waals surface area contributed by atoms with Crippen LogP contribution in [0.5, 0.6) is 0 Å². The molecule has 1 unspecified atom stereocenters. The fourth-order valence-electron chi connectivity index (χ4n) is 4.69. The monoisotopic (exact) mass is 437 g/mol. The molecule has 1 amide bonds. The summed E-state index contributed by atoms with van der Waals surface area (Å²) in [7, 11) is 0. The van der Waals surface area contributed by atoms with Crippen LogP contribution in [0.2, 0.25) is 0 Å². The zero-order chi connectivity index (χ0) is 23.2. The van der Waals surface area contributed by atoms with Crippen molar-refractivity contribution in [1.82, 2.24) is 14.9 Å². The lowest BCUT2D eigenvalue weighted by atomic mass is 9.86. The molecule has 0 spiro atoms. The summed E-state index contributed by atoms with van der Waals surface area (Å²) in [4.78, 5) is 25.9. The third-order valence-electron chi connectivity index (χ3n) is 6.42. The maximum atomic E-state index is 13.0. The molecule has 0 radical (unpaired) electrons. The van der Waals surface area contributed by atoms with Gasteiger partial charge in [0.1, 0.15) is 11.9 Å². The quantitative estimate of drug-likeness (QED) is 0.724. The van der Waals surface area contributed by atoms with Crippen LogP contribution in [-0.2, 0) is 17.8 Å². The summed E-state index contributed by atoms with van der Waals surface area (Å²) >= 11 is 0. The Labute approximate surface area is 189 Å². The number of ether oxygens (including phenoxy) is 1. The average Bonchev–Trinajstić information content (AvgIpc) is 3.17. The summed E-state index contributed by atoms with van der Waals surface area (Å²) < 4.78 is 11.4. The predicted molar refractivity (Wildman–Crippen MR) is 120 cm³/mol. The van der Waals surface area contributed by atoms with Gasteiger partial charge in [-0.2, -0.15) is 5.26 Å². The highest BCUT2D eigenvalue weighted by Gasteiger charge is 2.36. The van der Waals surface area contributed by atoms with Crippen molar-refractivity contribution in [3.63, 3.8) is 0 Å². The molecular formula is C24H31N5O3. The Morgan fingerprint density at radius 3 is 2.66 bits per heavy atom. The fourth-order valence-corrected chi connectivity index (χ4v) is 4.69. The predicted octanol–water partition coefficient (Wildman–Crippen LogP) is 3.58. The first-order valence-corrected chi connectivity index (χ1v) is 11.2. The number of carbonyl (C=O) groups excluding carboxylic acids is 1. The van der Waals surface area contributed by atoms with E-state index < -0.39 is 0 Å². The maximum absolute atomic E-state index is 13.0. The number of amides is 1. The van der Waals surface area contributed by atoms with Gasteiger partial charge < -0.3 is 19.0 Å². The summed E-state index contributed by atoms with van der Waals surface area (Å²) in [5.41, 5.74) is 4.02. The zero-order valence-corrected chi connectivity index (χ0v) is 19.7. The molecule has 0 saturated carbocycles. The molecule has 0 aliphatic carbocycles. The lowest BCUT2D eigenvalue weighted by Gasteiger charge is -2.41. The topological polar surface area (TPSA) is 95.5 Å². The Morgan fingerprint density at radius 1 is 1.31 bits per heavy atom. The van der Waals surface area contributed by atoms with Crippen molar-refractivity contribution < 1.29 is 13.9 Å². The third-order valence-corrected chi connectivity index (χ3v) is 6.42. The molecule has 4 heterocycles. The van der Waals surface area contributed by atoms with E-state index in [4.69, 9.17) is 14.1 Å². The Balaban J connectivity index is 1.67. The maximum Gasteiger partial charge on any atom is 0.291 e. The molecule has 4 rings (SSSR count). The molecule has 1 saturated heterocycles. The average molecular weight is 438 g/mol. The van der Waals surface area contributed by atoms with Crippen molar-refractivity contribution in [2.24, 2.45) is 0 Å². The van der Waals surface area contributed by atoms with Gasteiger partial charge in [-0.15, -0.1) is 0 Å². The van der Waals surface area contributed by atoms with Crippen LogP contribution in [0.15, 0.2) is 10.8 Å². The van der Waals surface area contributed by atoms with Gasteiger partial charge in [-0.25, -0.2) is 9.97 Å². The number of hydrogen-bond acceptors (Lipinski definition) is 7. The molecule has 1 fully saturated rings. The van der Waals surface area contributed by atoms with Gasteiger partial charge in [0.2, 0.25) is 5.76 Å². The molecule has 0 bridgehead atoms. The second-order valence-electron chi connectivity index (χ2n) is 9.70. The lowest BCUT2D eigenvalue weighted by Crippen LogP contribution is -2.54. The summed E-state index contributed by atoms with van der Waals surface area (Å²) in [6.07, 6.45) is 1.98. The Kier molecular flexibility index (Phi) is 5.72. The van der Waals surface area contributed by atoms with E-state index in [-0.39, 0.29) is 23.5 Å². The molecule has 32 heavy (non-hydrogen) atoms. The van der Waals surface area contributed by atoms with Crippen molar-refractivity contribution in [3.8, 4) is 6.07 Å². The number of oxazole rings is 1. The van der Waals surface area contributed by atoms with Gasteiger partial charge in [-0.3, -0.25) is 4.79 Å². The molecule has 0 N–H and O–H groups in total. The van der Waals surface area contributed by atoms with Gasteiger partial charge in [0, 0.05) is 37.7 Å². The fraction of sp³-hybridized carbons (Fsp3) is 0.583. The molecule has 8 nitrogen and oxygen atoms in total. The second-order valence-corrected chi connectivity index (χ2v) is 9.70. The van der Waals surface area contributed by atoms with Gasteiger partial charge >= 0.3 is 0 Å². The number of rotatable bonds is 3. The van der Waals surface area contributed by atoms with Gasteiger partial charge in [-0.05, 0) is 39.2 Å². The van der Waals surface area contributed by atoms with Crippen LogP contribution >= 0.6 is 0 Å². The van der Waals surface area contributed by atoms with Crippen molar-refractivity contribution in [2.45, 2.75) is 72.1 Å². The van der Waals surface area contributed by atoms with Crippen LogP contribution in [0.1, 0.15) is 79.2 Å². The number of aromatic nitrogens is 2. The minimum atomic E-state index is -0.321. The number of pyridine rings is 1. The van der Waals surface area contributed by atoms with E-state index in [9.17, 15) is 10.1 Å². The molecule has 8 heteroatoms. The zero-order valence-electron chi connectivity index (χ0n) is 19.7. The summed E-state index contributed by atoms with van der Waals surface area (Å²) in [5, 5.41) is 10.1. The Morgan fingerprint density at radius 2 is 2.06 bits per heavy atom. The van der Waals surface area contributed by atoms with Crippen molar-refractivity contribution >= 4 is 11.7 Å². The summed E-state index contributed by atoms with van der Waals surface area (Å²) in [6, 6.07) is 2.38. The number of aryl methyl sites for hydroxylation is 1. The SMILES string of the molecule is Cc1ncoc1C(=O)N1CCN(c2nc(C(C)C)c3c(c2C#N)CC(C)(C)OC3)CC1C. The highest BCUT2D eigenvalue weighted by Crippen LogP contribution is 2.38. The highest BCUT2D eigenvalue weighted by atomic mass is 16.5. The van der Waals surface area contributed by atoms with Gasteiger partial charge in [0.15, 0.2) is 6.39 Å². The third kappa shape index (κ3) is 3.86. The number of fused-ring (bicyclic) bond motifs is 1. The molecule has 2 aromatic rings. The van der Waals surface area contributed by atoms with Crippen LogP contribution < -0.4 is 4.90 Å². The minimum absolute atomic E-state index is 0.0626. The molecule has 1 atom stereocenters. The van der Waals surface area contributed by atoms with Crippen molar-refractivity contribution in [1.29, 1.82) is 5.26 Å². The van der Waals surface area contributed by atoms with Crippen LogP contribution in [0.25, 0.3) is 0 Å². The first-order chi connectivity index (χ1) is 15.1. The van der Waals surface area contributed by atoms with E-state index in [1.54, 1.807) is 6.92 Å². The smallest absolute Gasteiger partial charge is 0.291 e. The summed E-state index contributed by atoms with van der Waals surface area (Å²) in [5.74, 6) is 1.09. The molecule has 2 aromatic heterocycles. The first-order valence-electron chi connectivity index (χ1n) is 11.2. The Hall–Kier alpha value is -2.92. The van der Waals surface area contributed by atoms with E-state index in [0.29, 0.717) is 49.7 Å². The van der Waals surface area contributed by atoms with E-state index in [2.05, 4.69) is 43.6 Å². The second kappa shape index (κ2) is 8.21. The van der Waals surface area contributed by atoms with Crippen LogP contribution in [0.3, 0.4) is 0 Å². The van der Waals surface area contributed by atoms with Gasteiger partial charge in [0.05, 0.1) is 29.2 Å². The van der Waals surface area contributed by atoms with Crippen LogP contribution in [0.4, 0.5) is 5.82 Å². The first kappa shape index (κ1) is 22.3. The molecule has 170 valence electrons. The standard InChI is InChI=1S/C24H31N5O3/c1-14(2)20-19-12-32-24(5,6)9-17(19)18(10-25)22(27-20)28-7-8-29(15(3)11-28)23(30)21-16(4)26-13-31-21/h13-15H,7-9,11-12H2,1-6H3. The van der Waals surface area contributed by atoms with E-state index in [1.807, 2.05) is 11.8 Å². The number of anilines is 1. The summed E-state index contributed by atoms with van der Waals surface area (Å²) in [6.45, 7) is 14.3.